The highest BCUT2D eigenvalue weighted by Crippen LogP contribution is 2.39. The van der Waals surface area contributed by atoms with Crippen molar-refractivity contribution >= 4 is 11.3 Å². The maximum atomic E-state index is 4.82. The van der Waals surface area contributed by atoms with Crippen LogP contribution in [-0.2, 0) is 0 Å². The van der Waals surface area contributed by atoms with Crippen LogP contribution in [0.5, 0.6) is 0 Å². The number of hydrogen-bond acceptors (Lipinski definition) is 3. The topological polar surface area (TPSA) is 24.9 Å². The van der Waals surface area contributed by atoms with Crippen molar-refractivity contribution in [2.75, 3.05) is 7.05 Å². The van der Waals surface area contributed by atoms with Gasteiger partial charge in [0.25, 0.3) is 0 Å². The summed E-state index contributed by atoms with van der Waals surface area (Å²) in [6.45, 7) is 6.74. The molecule has 1 aliphatic carbocycles. The van der Waals surface area contributed by atoms with E-state index in [4.69, 9.17) is 4.98 Å². The van der Waals surface area contributed by atoms with Crippen LogP contribution < -0.4 is 5.32 Å². The summed E-state index contributed by atoms with van der Waals surface area (Å²) in [6, 6.07) is 0.433. The second kappa shape index (κ2) is 5.49. The van der Waals surface area contributed by atoms with Gasteiger partial charge >= 0.3 is 0 Å². The Labute approximate surface area is 109 Å². The number of rotatable bonds is 3. The smallest absolute Gasteiger partial charge is 0.0962 e. The molecule has 2 rings (SSSR count). The Balaban J connectivity index is 2.16. The maximum absolute atomic E-state index is 4.82. The number of thiazole rings is 1. The van der Waals surface area contributed by atoms with Crippen LogP contribution in [0.15, 0.2) is 0 Å². The van der Waals surface area contributed by atoms with Crippen molar-refractivity contribution in [3.63, 3.8) is 0 Å². The zero-order valence-corrected chi connectivity index (χ0v) is 12.2. The molecule has 1 fully saturated rings. The van der Waals surface area contributed by atoms with E-state index in [1.165, 1.54) is 41.3 Å². The first-order valence-electron chi connectivity index (χ1n) is 6.76. The number of aromatic nitrogens is 1. The van der Waals surface area contributed by atoms with Crippen LogP contribution >= 0.6 is 11.3 Å². The first-order valence-corrected chi connectivity index (χ1v) is 7.58. The summed E-state index contributed by atoms with van der Waals surface area (Å²) in [4.78, 5) is 6.23. The summed E-state index contributed by atoms with van der Waals surface area (Å²) >= 11 is 1.93. The summed E-state index contributed by atoms with van der Waals surface area (Å²) < 4.78 is 0. The van der Waals surface area contributed by atoms with E-state index in [-0.39, 0.29) is 0 Å². The molecule has 0 amide bonds. The molecule has 96 valence electrons. The first-order chi connectivity index (χ1) is 8.11. The van der Waals surface area contributed by atoms with Crippen molar-refractivity contribution in [3.8, 4) is 0 Å². The van der Waals surface area contributed by atoms with Crippen molar-refractivity contribution in [3.05, 3.63) is 15.6 Å². The Hall–Kier alpha value is -0.410. The average molecular weight is 252 g/mol. The molecule has 1 aliphatic rings. The quantitative estimate of drug-likeness (QED) is 0.878. The molecule has 1 saturated carbocycles. The Kier molecular flexibility index (Phi) is 4.21. The summed E-state index contributed by atoms with van der Waals surface area (Å²) in [5.41, 5.74) is 1.23. The second-order valence-corrected chi connectivity index (χ2v) is 6.54. The molecule has 0 saturated heterocycles. The van der Waals surface area contributed by atoms with Crippen molar-refractivity contribution < 1.29 is 0 Å². The molecular formula is C14H24N2S. The number of hydrogen-bond donors (Lipinski definition) is 1. The van der Waals surface area contributed by atoms with Crippen LogP contribution in [0.1, 0.15) is 67.1 Å². The van der Waals surface area contributed by atoms with Crippen LogP contribution in [0.25, 0.3) is 0 Å². The van der Waals surface area contributed by atoms with Crippen LogP contribution in [-0.4, -0.2) is 12.0 Å². The highest BCUT2D eigenvalue weighted by molar-refractivity contribution is 7.11. The summed E-state index contributed by atoms with van der Waals surface area (Å²) in [6.07, 6.45) is 5.45. The average Bonchev–Trinajstić information content (AvgIpc) is 2.70. The standard InChI is InChI=1S/C14H24N2S/c1-9-6-5-7-12(8-9)14-16-11(3)13(17-14)10(2)15-4/h9-10,12,15H,5-8H2,1-4H3. The van der Waals surface area contributed by atoms with E-state index in [0.717, 1.165) is 11.8 Å². The first kappa shape index (κ1) is 13.0. The van der Waals surface area contributed by atoms with Crippen LogP contribution in [0.3, 0.4) is 0 Å². The summed E-state index contributed by atoms with van der Waals surface area (Å²) in [7, 11) is 2.02. The van der Waals surface area contributed by atoms with Crippen LogP contribution in [0.4, 0.5) is 0 Å². The van der Waals surface area contributed by atoms with Crippen LogP contribution in [0.2, 0.25) is 0 Å². The summed E-state index contributed by atoms with van der Waals surface area (Å²) in [5.74, 6) is 1.60. The molecule has 0 aromatic carbocycles. The van der Waals surface area contributed by atoms with Gasteiger partial charge in [0.15, 0.2) is 0 Å². The van der Waals surface area contributed by atoms with Crippen LogP contribution in [0, 0.1) is 12.8 Å². The molecule has 1 aromatic rings. The highest BCUT2D eigenvalue weighted by Gasteiger charge is 2.24. The summed E-state index contributed by atoms with van der Waals surface area (Å²) in [5, 5.41) is 4.70. The van der Waals surface area contributed by atoms with Gasteiger partial charge in [0.05, 0.1) is 10.7 Å². The third-order valence-corrected chi connectivity index (χ3v) is 5.46. The second-order valence-electron chi connectivity index (χ2n) is 5.48. The molecular weight excluding hydrogens is 228 g/mol. The molecule has 0 bridgehead atoms. The van der Waals surface area contributed by atoms with Gasteiger partial charge in [-0.25, -0.2) is 4.98 Å². The van der Waals surface area contributed by atoms with Crippen molar-refractivity contribution in [2.45, 2.75) is 58.4 Å². The van der Waals surface area contributed by atoms with E-state index in [0.29, 0.717) is 6.04 Å². The lowest BCUT2D eigenvalue weighted by Gasteiger charge is -2.24. The fraction of sp³-hybridized carbons (Fsp3) is 0.786. The third kappa shape index (κ3) is 2.89. The fourth-order valence-corrected chi connectivity index (χ4v) is 4.07. The minimum atomic E-state index is 0.433. The van der Waals surface area contributed by atoms with Gasteiger partial charge in [-0.1, -0.05) is 19.8 Å². The van der Waals surface area contributed by atoms with Gasteiger partial charge in [-0.2, -0.15) is 0 Å². The zero-order chi connectivity index (χ0) is 12.4. The largest absolute Gasteiger partial charge is 0.312 e. The lowest BCUT2D eigenvalue weighted by molar-refractivity contribution is 0.343. The SMILES string of the molecule is CNC(C)c1sc(C2CCCC(C)C2)nc1C. The molecule has 2 nitrogen and oxygen atoms in total. The predicted octanol–water partition coefficient (Wildman–Crippen LogP) is 4.03. The van der Waals surface area contributed by atoms with Crippen molar-refractivity contribution in [1.29, 1.82) is 0 Å². The molecule has 1 N–H and O–H groups in total. The number of nitrogens with one attached hydrogen (secondary N) is 1. The molecule has 3 atom stereocenters. The molecule has 3 unspecified atom stereocenters. The molecule has 3 heteroatoms. The number of aryl methyl sites for hydroxylation is 1. The van der Waals surface area contributed by atoms with Gasteiger partial charge in [0.2, 0.25) is 0 Å². The van der Waals surface area contributed by atoms with Gasteiger partial charge in [0.1, 0.15) is 0 Å². The van der Waals surface area contributed by atoms with E-state index in [2.05, 4.69) is 26.1 Å². The Morgan fingerprint density at radius 1 is 1.41 bits per heavy atom. The van der Waals surface area contributed by atoms with Crippen molar-refractivity contribution in [2.24, 2.45) is 5.92 Å². The Bertz CT molecular complexity index is 372. The number of nitrogens with zero attached hydrogens (tertiary/aromatic N) is 1. The van der Waals surface area contributed by atoms with E-state index in [1.54, 1.807) is 0 Å². The molecule has 17 heavy (non-hydrogen) atoms. The monoisotopic (exact) mass is 252 g/mol. The van der Waals surface area contributed by atoms with E-state index in [1.807, 2.05) is 18.4 Å². The van der Waals surface area contributed by atoms with Gasteiger partial charge in [0, 0.05) is 16.8 Å². The Morgan fingerprint density at radius 2 is 2.18 bits per heavy atom. The minimum Gasteiger partial charge on any atom is -0.312 e. The normalized spacial score (nSPS) is 27.1. The molecule has 0 aliphatic heterocycles. The van der Waals surface area contributed by atoms with Crippen molar-refractivity contribution in [1.82, 2.24) is 10.3 Å². The van der Waals surface area contributed by atoms with Gasteiger partial charge in [-0.3, -0.25) is 0 Å². The fourth-order valence-electron chi connectivity index (χ4n) is 2.80. The minimum absolute atomic E-state index is 0.433. The lowest BCUT2D eigenvalue weighted by atomic mass is 9.83. The molecule has 1 heterocycles. The van der Waals surface area contributed by atoms with E-state index >= 15 is 0 Å². The molecule has 1 aromatic heterocycles. The zero-order valence-electron chi connectivity index (χ0n) is 11.4. The third-order valence-electron chi connectivity index (χ3n) is 3.96. The predicted molar refractivity (Wildman–Crippen MR) is 74.7 cm³/mol. The maximum Gasteiger partial charge on any atom is 0.0962 e. The van der Waals surface area contributed by atoms with Gasteiger partial charge < -0.3 is 5.32 Å². The van der Waals surface area contributed by atoms with Gasteiger partial charge in [-0.05, 0) is 39.7 Å². The molecule has 0 radical (unpaired) electrons. The van der Waals surface area contributed by atoms with Gasteiger partial charge in [-0.15, -0.1) is 11.3 Å². The Morgan fingerprint density at radius 3 is 2.82 bits per heavy atom. The molecule has 0 spiro atoms. The van der Waals surface area contributed by atoms with E-state index < -0.39 is 0 Å². The highest BCUT2D eigenvalue weighted by atomic mass is 32.1. The van der Waals surface area contributed by atoms with E-state index in [9.17, 15) is 0 Å². The lowest BCUT2D eigenvalue weighted by Crippen LogP contribution is -2.11.